The zero-order valence-corrected chi connectivity index (χ0v) is 19.3. The van der Waals surface area contributed by atoms with E-state index in [1.807, 2.05) is 6.07 Å². The summed E-state index contributed by atoms with van der Waals surface area (Å²) in [7, 11) is 0. The largest absolute Gasteiger partial charge is 0.480 e. The Kier molecular flexibility index (Phi) is 6.67. The van der Waals surface area contributed by atoms with Crippen molar-refractivity contribution in [1.82, 2.24) is 14.5 Å². The van der Waals surface area contributed by atoms with E-state index in [2.05, 4.69) is 28.6 Å². The third kappa shape index (κ3) is 4.86. The lowest BCUT2D eigenvalue weighted by Gasteiger charge is -2.26. The molecule has 9 heteroatoms. The number of carboxylic acids is 1. The van der Waals surface area contributed by atoms with Crippen molar-refractivity contribution < 1.29 is 14.3 Å². The molecule has 7 nitrogen and oxygen atoms in total. The maximum absolute atomic E-state index is 13.7. The lowest BCUT2D eigenvalue weighted by atomic mass is 10.1. The number of aliphatic carboxylic acids is 1. The summed E-state index contributed by atoms with van der Waals surface area (Å²) in [5, 5.41) is 9.62. The fourth-order valence-electron chi connectivity index (χ4n) is 4.26. The summed E-state index contributed by atoms with van der Waals surface area (Å²) in [6.07, 6.45) is 1.02. The second kappa shape index (κ2) is 9.49. The van der Waals surface area contributed by atoms with Crippen LogP contribution in [-0.2, 0) is 11.3 Å². The van der Waals surface area contributed by atoms with E-state index >= 15 is 0 Å². The Morgan fingerprint density at radius 2 is 1.94 bits per heavy atom. The minimum absolute atomic E-state index is 0.129. The molecule has 0 bridgehead atoms. The van der Waals surface area contributed by atoms with Crippen molar-refractivity contribution in [3.8, 4) is 11.4 Å². The SMILES string of the molecule is CC(C)N1CCCN(c2ccc3nc(-c4ccc(F)c(Cl)c4)n(CC(=O)O)c(=O)c3c2)CC1. The van der Waals surface area contributed by atoms with Gasteiger partial charge in [0, 0.05) is 43.5 Å². The smallest absolute Gasteiger partial charge is 0.323 e. The van der Waals surface area contributed by atoms with Gasteiger partial charge in [0.1, 0.15) is 18.2 Å². The first-order chi connectivity index (χ1) is 15.7. The zero-order valence-electron chi connectivity index (χ0n) is 18.6. The van der Waals surface area contributed by atoms with Crippen LogP contribution in [0.5, 0.6) is 0 Å². The van der Waals surface area contributed by atoms with Gasteiger partial charge >= 0.3 is 5.97 Å². The highest BCUT2D eigenvalue weighted by Gasteiger charge is 2.20. The number of fused-ring (bicyclic) bond motifs is 1. The van der Waals surface area contributed by atoms with E-state index in [4.69, 9.17) is 11.6 Å². The fourth-order valence-corrected chi connectivity index (χ4v) is 4.44. The van der Waals surface area contributed by atoms with Gasteiger partial charge in [0.15, 0.2) is 0 Å². The molecule has 1 aliphatic rings. The summed E-state index contributed by atoms with van der Waals surface area (Å²) in [5.74, 6) is -1.65. The number of hydrogen-bond donors (Lipinski definition) is 1. The molecular formula is C24H26ClFN4O3. The lowest BCUT2D eigenvalue weighted by molar-refractivity contribution is -0.137. The van der Waals surface area contributed by atoms with Crippen LogP contribution in [0.15, 0.2) is 41.2 Å². The molecule has 4 rings (SSSR count). The molecule has 0 spiro atoms. The van der Waals surface area contributed by atoms with Crippen LogP contribution >= 0.6 is 11.6 Å². The second-order valence-corrected chi connectivity index (χ2v) is 8.93. The molecule has 0 unspecified atom stereocenters. The molecular weight excluding hydrogens is 447 g/mol. The summed E-state index contributed by atoms with van der Waals surface area (Å²) in [5.41, 5.74) is 1.26. The van der Waals surface area contributed by atoms with Crippen LogP contribution in [0.4, 0.5) is 10.1 Å². The molecule has 0 atom stereocenters. The molecule has 1 aliphatic heterocycles. The number of carboxylic acid groups (broad SMARTS) is 1. The normalized spacial score (nSPS) is 15.2. The number of carbonyl (C=O) groups is 1. The van der Waals surface area contributed by atoms with Crippen LogP contribution in [0, 0.1) is 5.82 Å². The minimum atomic E-state index is -1.18. The summed E-state index contributed by atoms with van der Waals surface area (Å²) >= 11 is 5.91. The van der Waals surface area contributed by atoms with Gasteiger partial charge in [-0.25, -0.2) is 9.37 Å². The third-order valence-electron chi connectivity index (χ3n) is 6.03. The van der Waals surface area contributed by atoms with Gasteiger partial charge in [-0.1, -0.05) is 11.6 Å². The van der Waals surface area contributed by atoms with Crippen molar-refractivity contribution in [3.05, 3.63) is 57.6 Å². The standard InChI is InChI=1S/C24H26ClFN4O3/c1-15(2)28-8-3-9-29(11-10-28)17-5-7-21-18(13-17)24(33)30(14-22(31)32)23(27-21)16-4-6-20(26)19(25)12-16/h4-7,12-13,15H,3,8-11,14H2,1-2H3,(H,31,32). The maximum Gasteiger partial charge on any atom is 0.323 e. The van der Waals surface area contributed by atoms with E-state index in [-0.39, 0.29) is 10.8 Å². The molecule has 33 heavy (non-hydrogen) atoms. The van der Waals surface area contributed by atoms with Crippen molar-refractivity contribution in [3.63, 3.8) is 0 Å². The highest BCUT2D eigenvalue weighted by atomic mass is 35.5. The predicted molar refractivity (Wildman–Crippen MR) is 128 cm³/mol. The molecule has 0 aliphatic carbocycles. The molecule has 0 amide bonds. The van der Waals surface area contributed by atoms with Crippen LogP contribution in [0.3, 0.4) is 0 Å². The van der Waals surface area contributed by atoms with Crippen molar-refractivity contribution in [2.45, 2.75) is 32.9 Å². The number of rotatable bonds is 5. The van der Waals surface area contributed by atoms with Crippen molar-refractivity contribution in [2.75, 3.05) is 31.1 Å². The first-order valence-corrected chi connectivity index (χ1v) is 11.3. The van der Waals surface area contributed by atoms with E-state index in [1.165, 1.54) is 18.2 Å². The highest BCUT2D eigenvalue weighted by Crippen LogP contribution is 2.26. The van der Waals surface area contributed by atoms with Gasteiger partial charge in [0.05, 0.1) is 15.9 Å². The van der Waals surface area contributed by atoms with E-state index < -0.39 is 23.9 Å². The van der Waals surface area contributed by atoms with Gasteiger partial charge in [-0.2, -0.15) is 0 Å². The summed E-state index contributed by atoms with van der Waals surface area (Å²) in [4.78, 5) is 34.1. The number of aromatic nitrogens is 2. The topological polar surface area (TPSA) is 78.7 Å². The van der Waals surface area contributed by atoms with Crippen LogP contribution in [0.2, 0.25) is 5.02 Å². The van der Waals surface area contributed by atoms with E-state index in [1.54, 1.807) is 12.1 Å². The van der Waals surface area contributed by atoms with Crippen LogP contribution in [0.1, 0.15) is 20.3 Å². The lowest BCUT2D eigenvalue weighted by Crippen LogP contribution is -2.35. The van der Waals surface area contributed by atoms with Gasteiger partial charge in [-0.15, -0.1) is 0 Å². The van der Waals surface area contributed by atoms with E-state index in [9.17, 15) is 19.1 Å². The highest BCUT2D eigenvalue weighted by molar-refractivity contribution is 6.31. The Morgan fingerprint density at radius 3 is 2.64 bits per heavy atom. The number of benzene rings is 2. The number of anilines is 1. The summed E-state index contributed by atoms with van der Waals surface area (Å²) in [6, 6.07) is 9.91. The zero-order chi connectivity index (χ0) is 23.7. The van der Waals surface area contributed by atoms with Gasteiger partial charge in [-0.3, -0.25) is 19.1 Å². The Hall–Kier alpha value is -2.97. The molecule has 174 valence electrons. The Balaban J connectivity index is 1.79. The number of nitrogens with zero attached hydrogens (tertiary/aromatic N) is 4. The van der Waals surface area contributed by atoms with E-state index in [0.717, 1.165) is 42.9 Å². The predicted octanol–water partition coefficient (Wildman–Crippen LogP) is 3.86. The van der Waals surface area contributed by atoms with Crippen LogP contribution in [-0.4, -0.2) is 57.7 Å². The average Bonchev–Trinajstić information content (AvgIpc) is 3.04. The Bertz CT molecular complexity index is 1260. The fraction of sp³-hybridized carbons (Fsp3) is 0.375. The molecule has 0 saturated carbocycles. The summed E-state index contributed by atoms with van der Waals surface area (Å²) in [6.45, 7) is 7.48. The molecule has 1 N–H and O–H groups in total. The third-order valence-corrected chi connectivity index (χ3v) is 6.32. The first kappa shape index (κ1) is 23.2. The van der Waals surface area contributed by atoms with Gasteiger partial charge in [0.2, 0.25) is 0 Å². The molecule has 1 fully saturated rings. The summed E-state index contributed by atoms with van der Waals surface area (Å²) < 4.78 is 14.8. The van der Waals surface area contributed by atoms with Crippen LogP contribution in [0.25, 0.3) is 22.3 Å². The monoisotopic (exact) mass is 472 g/mol. The van der Waals surface area contributed by atoms with Gasteiger partial charge < -0.3 is 10.0 Å². The second-order valence-electron chi connectivity index (χ2n) is 8.52. The van der Waals surface area contributed by atoms with Crippen LogP contribution < -0.4 is 10.5 Å². The van der Waals surface area contributed by atoms with Crippen molar-refractivity contribution in [1.29, 1.82) is 0 Å². The molecule has 2 aromatic carbocycles. The maximum atomic E-state index is 13.7. The van der Waals surface area contributed by atoms with Gasteiger partial charge in [0.25, 0.3) is 5.56 Å². The Labute approximate surface area is 196 Å². The number of hydrogen-bond acceptors (Lipinski definition) is 5. The molecule has 0 radical (unpaired) electrons. The Morgan fingerprint density at radius 1 is 1.15 bits per heavy atom. The van der Waals surface area contributed by atoms with Gasteiger partial charge in [-0.05, 0) is 56.7 Å². The first-order valence-electron chi connectivity index (χ1n) is 11.0. The van der Waals surface area contributed by atoms with Crippen molar-refractivity contribution >= 4 is 34.2 Å². The van der Waals surface area contributed by atoms with E-state index in [0.29, 0.717) is 22.5 Å². The van der Waals surface area contributed by atoms with Crippen molar-refractivity contribution in [2.24, 2.45) is 0 Å². The quantitative estimate of drug-likeness (QED) is 0.607. The minimum Gasteiger partial charge on any atom is -0.480 e. The number of halogens is 2. The molecule has 2 heterocycles. The molecule has 3 aromatic rings. The molecule has 1 saturated heterocycles. The average molecular weight is 473 g/mol. The molecule has 1 aromatic heterocycles.